The van der Waals surface area contributed by atoms with Crippen LogP contribution in [0.4, 0.5) is 0 Å². The van der Waals surface area contributed by atoms with Gasteiger partial charge in [0.15, 0.2) is 5.78 Å². The van der Waals surface area contributed by atoms with Gasteiger partial charge in [-0.3, -0.25) is 4.79 Å². The van der Waals surface area contributed by atoms with Gasteiger partial charge in [-0.1, -0.05) is 34.6 Å². The van der Waals surface area contributed by atoms with E-state index in [1.54, 1.807) is 20.8 Å². The molecule has 34 heavy (non-hydrogen) atoms. The van der Waals surface area contributed by atoms with Crippen LogP contribution in [-0.2, 0) is 42.9 Å². The Morgan fingerprint density at radius 3 is 1.47 bits per heavy atom. The van der Waals surface area contributed by atoms with Crippen molar-refractivity contribution in [2.24, 2.45) is 10.8 Å². The van der Waals surface area contributed by atoms with Crippen LogP contribution in [-0.4, -0.2) is 68.9 Å². The molecule has 0 aromatic rings. The molecular weight excluding hydrogens is 444 g/mol. The molecule has 0 radical (unpaired) electrons. The molecule has 0 heterocycles. The summed E-state index contributed by atoms with van der Waals surface area (Å²) < 4.78 is 25.9. The van der Waals surface area contributed by atoms with Gasteiger partial charge in [0.25, 0.3) is 0 Å². The maximum absolute atomic E-state index is 11.8. The minimum atomic E-state index is -0.712. The second-order valence-corrected chi connectivity index (χ2v) is 10.4. The van der Waals surface area contributed by atoms with Crippen molar-refractivity contribution in [3.05, 3.63) is 24.3 Å². The smallest absolute Gasteiger partial charge is 0.331 e. The lowest BCUT2D eigenvalue weighted by Gasteiger charge is -2.29. The summed E-state index contributed by atoms with van der Waals surface area (Å²) in [6.07, 6.45) is 4.25. The SMILES string of the molecule is CC(C)(COC(=O)/C=C/C(=O)OCCOCCOC(=O)/C=C/C(=O)C(C)(C)C)COC(C)(C)C. The lowest BCUT2D eigenvalue weighted by Crippen LogP contribution is -2.32. The van der Waals surface area contributed by atoms with Crippen LogP contribution >= 0.6 is 0 Å². The van der Waals surface area contributed by atoms with Crippen LogP contribution in [0.5, 0.6) is 0 Å². The van der Waals surface area contributed by atoms with Gasteiger partial charge in [-0.25, -0.2) is 14.4 Å². The zero-order valence-electron chi connectivity index (χ0n) is 21.7. The van der Waals surface area contributed by atoms with E-state index in [-0.39, 0.29) is 49.8 Å². The van der Waals surface area contributed by atoms with E-state index >= 15 is 0 Å². The third-order valence-corrected chi connectivity index (χ3v) is 3.91. The lowest BCUT2D eigenvalue weighted by atomic mass is 9.91. The molecule has 0 bridgehead atoms. The number of carbonyl (C=O) groups excluding carboxylic acids is 4. The summed E-state index contributed by atoms with van der Waals surface area (Å²) in [5.41, 5.74) is -1.22. The molecule has 0 aliphatic heterocycles. The average Bonchev–Trinajstić information content (AvgIpc) is 2.71. The van der Waals surface area contributed by atoms with Crippen LogP contribution < -0.4 is 0 Å². The molecule has 0 amide bonds. The highest BCUT2D eigenvalue weighted by atomic mass is 16.6. The first kappa shape index (κ1) is 31.5. The highest BCUT2D eigenvalue weighted by Gasteiger charge is 2.23. The Kier molecular flexibility index (Phi) is 13.6. The summed E-state index contributed by atoms with van der Waals surface area (Å²) in [5.74, 6) is -2.19. The van der Waals surface area contributed by atoms with Crippen molar-refractivity contribution in [2.45, 2.75) is 61.0 Å². The van der Waals surface area contributed by atoms with E-state index in [0.29, 0.717) is 6.61 Å². The van der Waals surface area contributed by atoms with Crippen LogP contribution in [0, 0.1) is 10.8 Å². The highest BCUT2D eigenvalue weighted by Crippen LogP contribution is 2.20. The van der Waals surface area contributed by atoms with Crippen molar-refractivity contribution < 1.29 is 42.9 Å². The van der Waals surface area contributed by atoms with Gasteiger partial charge in [0.2, 0.25) is 0 Å². The molecule has 0 fully saturated rings. The van der Waals surface area contributed by atoms with E-state index in [1.165, 1.54) is 6.08 Å². The van der Waals surface area contributed by atoms with E-state index in [4.69, 9.17) is 23.7 Å². The molecule has 0 saturated carbocycles. The van der Waals surface area contributed by atoms with E-state index in [1.807, 2.05) is 34.6 Å². The zero-order chi connectivity index (χ0) is 26.4. The topological polar surface area (TPSA) is 114 Å². The summed E-state index contributed by atoms with van der Waals surface area (Å²) in [6.45, 7) is 15.6. The fourth-order valence-corrected chi connectivity index (χ4v) is 1.90. The maximum Gasteiger partial charge on any atom is 0.331 e. The van der Waals surface area contributed by atoms with Gasteiger partial charge in [-0.15, -0.1) is 0 Å². The minimum Gasteiger partial charge on any atom is -0.462 e. The van der Waals surface area contributed by atoms with Gasteiger partial charge in [-0.05, 0) is 26.8 Å². The molecule has 0 aliphatic rings. The van der Waals surface area contributed by atoms with Crippen LogP contribution in [0.2, 0.25) is 0 Å². The van der Waals surface area contributed by atoms with Crippen LogP contribution in [0.3, 0.4) is 0 Å². The summed E-state index contributed by atoms with van der Waals surface area (Å²) in [4.78, 5) is 46.6. The molecule has 9 heteroatoms. The molecule has 0 spiro atoms. The Bertz CT molecular complexity index is 734. The number of rotatable bonds is 14. The van der Waals surface area contributed by atoms with Crippen molar-refractivity contribution in [1.82, 2.24) is 0 Å². The average molecular weight is 485 g/mol. The summed E-state index contributed by atoms with van der Waals surface area (Å²) >= 11 is 0. The third-order valence-electron chi connectivity index (χ3n) is 3.91. The Labute approximate surface area is 202 Å². The highest BCUT2D eigenvalue weighted by molar-refractivity contribution is 5.98. The van der Waals surface area contributed by atoms with E-state index in [0.717, 1.165) is 18.2 Å². The molecule has 0 N–H and O–H groups in total. The molecular formula is C25H40O9. The first-order valence-corrected chi connectivity index (χ1v) is 11.1. The van der Waals surface area contributed by atoms with Crippen molar-refractivity contribution >= 4 is 23.7 Å². The quantitative estimate of drug-likeness (QED) is 0.159. The molecule has 0 unspecified atom stereocenters. The first-order chi connectivity index (χ1) is 15.5. The second kappa shape index (κ2) is 14.7. The van der Waals surface area contributed by atoms with Crippen molar-refractivity contribution in [1.29, 1.82) is 0 Å². The third kappa shape index (κ3) is 18.0. The number of allylic oxidation sites excluding steroid dienone is 1. The number of hydrogen-bond acceptors (Lipinski definition) is 9. The Morgan fingerprint density at radius 1 is 0.588 bits per heavy atom. The van der Waals surface area contributed by atoms with E-state index < -0.39 is 23.3 Å². The number of esters is 3. The maximum atomic E-state index is 11.8. The molecule has 0 saturated heterocycles. The molecule has 0 rings (SSSR count). The Morgan fingerprint density at radius 2 is 1.03 bits per heavy atom. The lowest BCUT2D eigenvalue weighted by molar-refractivity contribution is -0.145. The van der Waals surface area contributed by atoms with Crippen LogP contribution in [0.15, 0.2) is 24.3 Å². The normalized spacial score (nSPS) is 12.7. The second-order valence-electron chi connectivity index (χ2n) is 10.4. The van der Waals surface area contributed by atoms with E-state index in [9.17, 15) is 19.2 Å². The van der Waals surface area contributed by atoms with Gasteiger partial charge >= 0.3 is 17.9 Å². The Hall–Kier alpha value is -2.52. The van der Waals surface area contributed by atoms with Gasteiger partial charge in [0.05, 0.1) is 32.0 Å². The first-order valence-electron chi connectivity index (χ1n) is 11.1. The predicted molar refractivity (Wildman–Crippen MR) is 126 cm³/mol. The van der Waals surface area contributed by atoms with Gasteiger partial charge in [-0.2, -0.15) is 0 Å². The fourth-order valence-electron chi connectivity index (χ4n) is 1.90. The monoisotopic (exact) mass is 484 g/mol. The summed E-state index contributed by atoms with van der Waals surface area (Å²) in [6, 6.07) is 0. The molecule has 0 aliphatic carbocycles. The molecule has 0 aromatic heterocycles. The predicted octanol–water partition coefficient (Wildman–Crippen LogP) is 3.20. The number of carbonyl (C=O) groups is 4. The van der Waals surface area contributed by atoms with Crippen molar-refractivity contribution in [2.75, 3.05) is 39.6 Å². The molecule has 9 nitrogen and oxygen atoms in total. The van der Waals surface area contributed by atoms with Crippen molar-refractivity contribution in [3.63, 3.8) is 0 Å². The summed E-state index contributed by atoms with van der Waals surface area (Å²) in [5, 5.41) is 0. The zero-order valence-corrected chi connectivity index (χ0v) is 21.7. The molecule has 0 atom stereocenters. The summed E-state index contributed by atoms with van der Waals surface area (Å²) in [7, 11) is 0. The van der Waals surface area contributed by atoms with Crippen molar-refractivity contribution in [3.8, 4) is 0 Å². The van der Waals surface area contributed by atoms with E-state index in [2.05, 4.69) is 0 Å². The van der Waals surface area contributed by atoms with Crippen LogP contribution in [0.1, 0.15) is 55.4 Å². The standard InChI is InChI=1S/C25H40O9/c1-23(2,3)19(26)9-10-20(27)31-15-13-30-14-16-32-21(28)11-12-22(29)33-17-25(7,8)18-34-24(4,5)6/h9-12H,13-18H2,1-8H3/b10-9+,12-11+. The molecule has 0 aromatic carbocycles. The van der Waals surface area contributed by atoms with Crippen LogP contribution in [0.25, 0.3) is 0 Å². The Balaban J connectivity index is 3.96. The number of ketones is 1. The largest absolute Gasteiger partial charge is 0.462 e. The van der Waals surface area contributed by atoms with Gasteiger partial charge < -0.3 is 23.7 Å². The van der Waals surface area contributed by atoms with Gasteiger partial charge in [0.1, 0.15) is 13.2 Å². The number of ether oxygens (including phenoxy) is 5. The minimum absolute atomic E-state index is 0.0102. The number of hydrogen-bond donors (Lipinski definition) is 0. The molecule has 194 valence electrons. The van der Waals surface area contributed by atoms with Gasteiger partial charge in [0, 0.05) is 29.1 Å². The fraction of sp³-hybridized carbons (Fsp3) is 0.680.